The van der Waals surface area contributed by atoms with E-state index in [-0.39, 0.29) is 5.91 Å². The van der Waals surface area contributed by atoms with Crippen LogP contribution in [-0.2, 0) is 11.2 Å². The molecule has 1 aliphatic heterocycles. The van der Waals surface area contributed by atoms with Gasteiger partial charge in [0.05, 0.1) is 0 Å². The largest absolute Gasteiger partial charge is 0.342 e. The number of alkyl halides is 1. The van der Waals surface area contributed by atoms with Crippen molar-refractivity contribution in [1.29, 1.82) is 0 Å². The lowest BCUT2D eigenvalue weighted by Gasteiger charge is -2.32. The van der Waals surface area contributed by atoms with E-state index in [2.05, 4.69) is 25.3 Å². The molecule has 0 spiro atoms. The second-order valence-electron chi connectivity index (χ2n) is 6.99. The number of aryl methyl sites for hydroxylation is 2. The van der Waals surface area contributed by atoms with Gasteiger partial charge < -0.3 is 10.2 Å². The van der Waals surface area contributed by atoms with Gasteiger partial charge in [0.25, 0.3) is 0 Å². The van der Waals surface area contributed by atoms with Crippen molar-refractivity contribution in [3.8, 4) is 0 Å². The van der Waals surface area contributed by atoms with Crippen LogP contribution in [0.3, 0.4) is 0 Å². The number of halogens is 1. The first-order valence-corrected chi connectivity index (χ1v) is 9.81. The van der Waals surface area contributed by atoms with Crippen LogP contribution in [0.4, 0.5) is 11.8 Å². The summed E-state index contributed by atoms with van der Waals surface area (Å²) in [7, 11) is 0. The molecule has 1 unspecified atom stereocenters. The second-order valence-corrected chi connectivity index (χ2v) is 7.36. The summed E-state index contributed by atoms with van der Waals surface area (Å²) in [4.78, 5) is 31.5. The van der Waals surface area contributed by atoms with Crippen molar-refractivity contribution in [1.82, 2.24) is 24.8 Å². The molecule has 1 aliphatic rings. The Morgan fingerprint density at radius 3 is 2.78 bits per heavy atom. The predicted octanol–water partition coefficient (Wildman–Crippen LogP) is 3.04. The van der Waals surface area contributed by atoms with Gasteiger partial charge in [0, 0.05) is 48.5 Å². The highest BCUT2D eigenvalue weighted by atomic mass is 35.5. The van der Waals surface area contributed by atoms with Gasteiger partial charge in [-0.1, -0.05) is 0 Å². The number of amides is 1. The third-order valence-electron chi connectivity index (χ3n) is 4.62. The van der Waals surface area contributed by atoms with Crippen LogP contribution in [0.1, 0.15) is 36.3 Å². The van der Waals surface area contributed by atoms with Gasteiger partial charge in [0.2, 0.25) is 11.9 Å². The van der Waals surface area contributed by atoms with Crippen LogP contribution < -0.4 is 5.32 Å². The van der Waals surface area contributed by atoms with E-state index < -0.39 is 0 Å². The smallest absolute Gasteiger partial charge is 0.228 e. The topological polar surface area (TPSA) is 83.9 Å². The number of carbonyl (C=O) groups excluding carboxylic acids is 1. The predicted molar refractivity (Wildman–Crippen MR) is 105 cm³/mol. The molecule has 1 saturated heterocycles. The average molecular weight is 389 g/mol. The molecule has 7 nitrogen and oxygen atoms in total. The number of nitrogens with zero attached hydrogens (tertiary/aromatic N) is 5. The Balaban J connectivity index is 1.64. The zero-order valence-electron chi connectivity index (χ0n) is 15.8. The number of rotatable bonds is 6. The summed E-state index contributed by atoms with van der Waals surface area (Å²) in [6.45, 7) is 5.47. The van der Waals surface area contributed by atoms with Crippen molar-refractivity contribution < 1.29 is 4.79 Å². The maximum atomic E-state index is 12.1. The second kappa shape index (κ2) is 9.08. The number of anilines is 2. The molecule has 1 fully saturated rings. The summed E-state index contributed by atoms with van der Waals surface area (Å²) in [6, 6.07) is 3.86. The van der Waals surface area contributed by atoms with Crippen LogP contribution in [0, 0.1) is 19.8 Å². The van der Waals surface area contributed by atoms with Crippen LogP contribution in [0.15, 0.2) is 18.5 Å². The van der Waals surface area contributed by atoms with E-state index in [0.717, 1.165) is 49.4 Å². The molecular weight excluding hydrogens is 364 g/mol. The van der Waals surface area contributed by atoms with E-state index in [1.54, 1.807) is 6.33 Å². The summed E-state index contributed by atoms with van der Waals surface area (Å²) in [5.41, 5.74) is 2.76. The third kappa shape index (κ3) is 5.60. The molecule has 0 saturated carbocycles. The minimum absolute atomic E-state index is 0.145. The van der Waals surface area contributed by atoms with Crippen molar-refractivity contribution in [2.75, 3.05) is 24.3 Å². The van der Waals surface area contributed by atoms with Crippen molar-refractivity contribution in [2.24, 2.45) is 5.92 Å². The van der Waals surface area contributed by atoms with Crippen LogP contribution in [-0.4, -0.2) is 49.7 Å². The van der Waals surface area contributed by atoms with Crippen molar-refractivity contribution in [3.05, 3.63) is 35.5 Å². The minimum atomic E-state index is 0.145. The highest BCUT2D eigenvalue weighted by molar-refractivity contribution is 6.18. The van der Waals surface area contributed by atoms with Crippen LogP contribution in [0.2, 0.25) is 0 Å². The molecule has 3 rings (SSSR count). The molecule has 3 heterocycles. The van der Waals surface area contributed by atoms with Gasteiger partial charge >= 0.3 is 0 Å². The van der Waals surface area contributed by atoms with Crippen LogP contribution >= 0.6 is 11.6 Å². The quantitative estimate of drug-likeness (QED) is 0.765. The number of carbonyl (C=O) groups is 1. The van der Waals surface area contributed by atoms with Crippen LogP contribution in [0.5, 0.6) is 0 Å². The molecule has 1 amide bonds. The summed E-state index contributed by atoms with van der Waals surface area (Å²) in [5.74, 6) is 2.13. The molecule has 1 N–H and O–H groups in total. The van der Waals surface area contributed by atoms with Gasteiger partial charge in [-0.3, -0.25) is 4.79 Å². The number of nitrogens with one attached hydrogen (secondary N) is 1. The summed E-state index contributed by atoms with van der Waals surface area (Å²) in [5, 5.41) is 3.15. The first-order valence-electron chi connectivity index (χ1n) is 9.27. The van der Waals surface area contributed by atoms with Crippen molar-refractivity contribution >= 4 is 29.3 Å². The first kappa shape index (κ1) is 19.5. The zero-order chi connectivity index (χ0) is 19.2. The number of aromatic nitrogens is 4. The number of piperidine rings is 1. The lowest BCUT2D eigenvalue weighted by atomic mass is 9.93. The molecule has 2 aromatic rings. The van der Waals surface area contributed by atoms with Crippen molar-refractivity contribution in [3.63, 3.8) is 0 Å². The number of likely N-dealkylation sites (tertiary alicyclic amines) is 1. The average Bonchev–Trinajstić information content (AvgIpc) is 2.61. The monoisotopic (exact) mass is 388 g/mol. The molecule has 0 aliphatic carbocycles. The number of hydrogen-bond donors (Lipinski definition) is 1. The van der Waals surface area contributed by atoms with E-state index >= 15 is 0 Å². The normalized spacial score (nSPS) is 17.0. The van der Waals surface area contributed by atoms with E-state index in [1.807, 2.05) is 30.9 Å². The van der Waals surface area contributed by atoms with Crippen LogP contribution in [0.25, 0.3) is 0 Å². The Morgan fingerprint density at radius 1 is 1.26 bits per heavy atom. The third-order valence-corrected chi connectivity index (χ3v) is 4.81. The molecule has 8 heteroatoms. The van der Waals surface area contributed by atoms with Gasteiger partial charge in [-0.2, -0.15) is 0 Å². The fraction of sp³-hybridized carbons (Fsp3) is 0.526. The fourth-order valence-corrected chi connectivity index (χ4v) is 3.63. The van der Waals surface area contributed by atoms with Gasteiger partial charge in [-0.25, -0.2) is 19.9 Å². The summed E-state index contributed by atoms with van der Waals surface area (Å²) >= 11 is 5.70. The molecule has 144 valence electrons. The molecule has 0 radical (unpaired) electrons. The molecule has 0 bridgehead atoms. The molecule has 1 atom stereocenters. The van der Waals surface area contributed by atoms with E-state index in [4.69, 9.17) is 11.6 Å². The van der Waals surface area contributed by atoms with Crippen molar-refractivity contribution in [2.45, 2.75) is 39.5 Å². The minimum Gasteiger partial charge on any atom is -0.342 e. The Bertz CT molecular complexity index is 779. The maximum absolute atomic E-state index is 12.1. The highest BCUT2D eigenvalue weighted by Gasteiger charge is 2.23. The van der Waals surface area contributed by atoms with E-state index in [0.29, 0.717) is 30.0 Å². The van der Waals surface area contributed by atoms with Gasteiger partial charge in [0.1, 0.15) is 12.1 Å². The lowest BCUT2D eigenvalue weighted by Crippen LogP contribution is -2.40. The van der Waals surface area contributed by atoms with E-state index in [9.17, 15) is 4.79 Å². The summed E-state index contributed by atoms with van der Waals surface area (Å²) < 4.78 is 0. The Morgan fingerprint density at radius 2 is 2.04 bits per heavy atom. The SMILES string of the molecule is Cc1cc(C)nc(Nc2cc(CC3CCCN(C(=O)CCCl)C3)ncn2)n1. The molecular formula is C19H25ClN6O. The Hall–Kier alpha value is -2.28. The molecule has 2 aromatic heterocycles. The Labute approximate surface area is 164 Å². The zero-order valence-corrected chi connectivity index (χ0v) is 16.5. The summed E-state index contributed by atoms with van der Waals surface area (Å²) in [6.07, 6.45) is 4.89. The standard InChI is InChI=1S/C19H25ClN6O/c1-13-8-14(2)24-19(23-13)25-17-10-16(21-12-22-17)9-15-4-3-7-26(11-15)18(27)5-6-20/h8,10,12,15H,3-7,9,11H2,1-2H3,(H,21,22,23,24,25). The van der Waals surface area contributed by atoms with E-state index in [1.165, 1.54) is 0 Å². The van der Waals surface area contributed by atoms with Gasteiger partial charge in [-0.05, 0) is 45.1 Å². The fourth-order valence-electron chi connectivity index (χ4n) is 3.47. The molecule has 0 aromatic carbocycles. The lowest BCUT2D eigenvalue weighted by molar-refractivity contribution is -0.132. The number of hydrogen-bond acceptors (Lipinski definition) is 6. The maximum Gasteiger partial charge on any atom is 0.228 e. The molecule has 27 heavy (non-hydrogen) atoms. The highest BCUT2D eigenvalue weighted by Crippen LogP contribution is 2.22. The Kier molecular flexibility index (Phi) is 6.55. The van der Waals surface area contributed by atoms with Gasteiger partial charge in [-0.15, -0.1) is 11.6 Å². The van der Waals surface area contributed by atoms with Gasteiger partial charge in [0.15, 0.2) is 0 Å². The first-order chi connectivity index (χ1) is 13.0.